The number of hydrogen-bond acceptors (Lipinski definition) is 3. The van der Waals surface area contributed by atoms with E-state index in [0.29, 0.717) is 13.0 Å². The van der Waals surface area contributed by atoms with E-state index in [-0.39, 0.29) is 30.2 Å². The molecule has 1 heterocycles. The molecule has 1 fully saturated rings. The van der Waals surface area contributed by atoms with Crippen molar-refractivity contribution >= 4 is 17.5 Å². The lowest BCUT2D eigenvalue weighted by Crippen LogP contribution is -2.36. The minimum absolute atomic E-state index is 0.0374. The van der Waals surface area contributed by atoms with Gasteiger partial charge in [-0.2, -0.15) is 0 Å². The standard InChI is InChI=1S/C26H26N2O3/c1-31-23-14-12-22(13-15-23)28-18-21(17-25(28)29)26(30)27-24(20-10-6-3-7-11-20)16-19-8-4-2-5-9-19/h2-15,21,24H,16-18H2,1H3,(H,27,30)/t21-,24+/m0/s1. The molecule has 0 bridgehead atoms. The molecule has 0 radical (unpaired) electrons. The highest BCUT2D eigenvalue weighted by atomic mass is 16.5. The van der Waals surface area contributed by atoms with Gasteiger partial charge in [-0.05, 0) is 41.8 Å². The molecule has 2 atom stereocenters. The summed E-state index contributed by atoms with van der Waals surface area (Å²) in [6.45, 7) is 0.379. The summed E-state index contributed by atoms with van der Waals surface area (Å²) in [5.74, 6) is 0.228. The number of hydrogen-bond donors (Lipinski definition) is 1. The van der Waals surface area contributed by atoms with Crippen LogP contribution in [0.5, 0.6) is 5.75 Å². The zero-order valence-electron chi connectivity index (χ0n) is 17.5. The number of nitrogens with zero attached hydrogens (tertiary/aromatic N) is 1. The zero-order valence-corrected chi connectivity index (χ0v) is 17.5. The van der Waals surface area contributed by atoms with Gasteiger partial charge in [-0.3, -0.25) is 9.59 Å². The van der Waals surface area contributed by atoms with E-state index in [1.807, 2.05) is 72.8 Å². The van der Waals surface area contributed by atoms with Gasteiger partial charge in [0.1, 0.15) is 5.75 Å². The van der Waals surface area contributed by atoms with Crippen LogP contribution in [0.2, 0.25) is 0 Å². The first-order valence-corrected chi connectivity index (χ1v) is 10.5. The molecule has 4 rings (SSSR count). The van der Waals surface area contributed by atoms with E-state index in [0.717, 1.165) is 22.6 Å². The number of carbonyl (C=O) groups is 2. The van der Waals surface area contributed by atoms with Gasteiger partial charge in [0.25, 0.3) is 0 Å². The highest BCUT2D eigenvalue weighted by Gasteiger charge is 2.36. The van der Waals surface area contributed by atoms with Gasteiger partial charge in [0, 0.05) is 18.7 Å². The fourth-order valence-electron chi connectivity index (χ4n) is 3.97. The highest BCUT2D eigenvalue weighted by molar-refractivity contribution is 6.00. The second kappa shape index (κ2) is 9.47. The van der Waals surface area contributed by atoms with Gasteiger partial charge in [-0.25, -0.2) is 0 Å². The lowest BCUT2D eigenvalue weighted by molar-refractivity contribution is -0.127. The first kappa shape index (κ1) is 20.7. The van der Waals surface area contributed by atoms with Crippen molar-refractivity contribution in [3.8, 4) is 5.75 Å². The van der Waals surface area contributed by atoms with Crippen molar-refractivity contribution < 1.29 is 14.3 Å². The van der Waals surface area contributed by atoms with E-state index in [2.05, 4.69) is 17.4 Å². The van der Waals surface area contributed by atoms with Gasteiger partial charge in [0.15, 0.2) is 0 Å². The third kappa shape index (κ3) is 4.94. The average Bonchev–Trinajstić information content (AvgIpc) is 3.21. The van der Waals surface area contributed by atoms with Crippen molar-refractivity contribution in [1.82, 2.24) is 5.32 Å². The topological polar surface area (TPSA) is 58.6 Å². The van der Waals surface area contributed by atoms with E-state index >= 15 is 0 Å². The number of ether oxygens (including phenoxy) is 1. The third-order valence-corrected chi connectivity index (χ3v) is 5.68. The van der Waals surface area contributed by atoms with Crippen molar-refractivity contribution in [2.45, 2.75) is 18.9 Å². The molecule has 3 aromatic carbocycles. The first-order chi connectivity index (χ1) is 15.1. The van der Waals surface area contributed by atoms with E-state index in [1.165, 1.54) is 0 Å². The maximum atomic E-state index is 13.1. The molecule has 0 unspecified atom stereocenters. The summed E-state index contributed by atoms with van der Waals surface area (Å²) >= 11 is 0. The van der Waals surface area contributed by atoms with Gasteiger partial charge in [0.2, 0.25) is 11.8 Å². The average molecular weight is 415 g/mol. The molecule has 1 aliphatic rings. The summed E-state index contributed by atoms with van der Waals surface area (Å²) in [5.41, 5.74) is 2.99. The first-order valence-electron chi connectivity index (χ1n) is 10.5. The minimum Gasteiger partial charge on any atom is -0.497 e. The molecule has 0 spiro atoms. The van der Waals surface area contributed by atoms with Crippen molar-refractivity contribution in [3.05, 3.63) is 96.1 Å². The maximum absolute atomic E-state index is 13.1. The van der Waals surface area contributed by atoms with Crippen molar-refractivity contribution in [3.63, 3.8) is 0 Å². The van der Waals surface area contributed by atoms with Crippen LogP contribution in [0.1, 0.15) is 23.6 Å². The fraction of sp³-hybridized carbons (Fsp3) is 0.231. The number of anilines is 1. The van der Waals surface area contributed by atoms with Crippen LogP contribution in [0.15, 0.2) is 84.9 Å². The molecule has 2 amide bonds. The molecule has 5 nitrogen and oxygen atoms in total. The summed E-state index contributed by atoms with van der Waals surface area (Å²) in [7, 11) is 1.61. The van der Waals surface area contributed by atoms with Gasteiger partial charge >= 0.3 is 0 Å². The summed E-state index contributed by atoms with van der Waals surface area (Å²) in [4.78, 5) is 27.4. The van der Waals surface area contributed by atoms with Gasteiger partial charge < -0.3 is 15.0 Å². The van der Waals surface area contributed by atoms with E-state index in [4.69, 9.17) is 4.74 Å². The van der Waals surface area contributed by atoms with E-state index < -0.39 is 0 Å². The fourth-order valence-corrected chi connectivity index (χ4v) is 3.97. The monoisotopic (exact) mass is 414 g/mol. The van der Waals surface area contributed by atoms with Gasteiger partial charge in [-0.1, -0.05) is 60.7 Å². The third-order valence-electron chi connectivity index (χ3n) is 5.68. The summed E-state index contributed by atoms with van der Waals surface area (Å²) in [6.07, 6.45) is 0.907. The van der Waals surface area contributed by atoms with Crippen LogP contribution >= 0.6 is 0 Å². The minimum atomic E-state index is -0.378. The molecule has 0 aliphatic carbocycles. The van der Waals surface area contributed by atoms with Crippen LogP contribution in [-0.2, 0) is 16.0 Å². The molecule has 1 saturated heterocycles. The molecule has 31 heavy (non-hydrogen) atoms. The van der Waals surface area contributed by atoms with Crippen LogP contribution in [0.25, 0.3) is 0 Å². The van der Waals surface area contributed by atoms with Crippen LogP contribution in [-0.4, -0.2) is 25.5 Å². The molecule has 5 heteroatoms. The van der Waals surface area contributed by atoms with Crippen LogP contribution in [0.4, 0.5) is 5.69 Å². The van der Waals surface area contributed by atoms with Crippen molar-refractivity contribution in [1.29, 1.82) is 0 Å². The molecule has 1 N–H and O–H groups in total. The number of benzene rings is 3. The predicted octanol–water partition coefficient (Wildman–Crippen LogP) is 4.15. The quantitative estimate of drug-likeness (QED) is 0.632. The number of rotatable bonds is 7. The lowest BCUT2D eigenvalue weighted by Gasteiger charge is -2.22. The zero-order chi connectivity index (χ0) is 21.6. The Morgan fingerprint density at radius 2 is 1.65 bits per heavy atom. The molecule has 0 saturated carbocycles. The smallest absolute Gasteiger partial charge is 0.227 e. The molecule has 158 valence electrons. The van der Waals surface area contributed by atoms with E-state index in [9.17, 15) is 9.59 Å². The number of nitrogens with one attached hydrogen (secondary N) is 1. The molecule has 3 aromatic rings. The largest absolute Gasteiger partial charge is 0.497 e. The Labute approximate surface area is 182 Å². The summed E-state index contributed by atoms with van der Waals surface area (Å²) in [6, 6.07) is 27.3. The second-order valence-electron chi connectivity index (χ2n) is 7.76. The summed E-state index contributed by atoms with van der Waals surface area (Å²) in [5, 5.41) is 3.20. The number of methoxy groups -OCH3 is 1. The summed E-state index contributed by atoms with van der Waals surface area (Å²) < 4.78 is 5.19. The SMILES string of the molecule is COc1ccc(N2C[C@@H](C(=O)N[C@H](Cc3ccccc3)c3ccccc3)CC2=O)cc1. The van der Waals surface area contributed by atoms with Crippen LogP contribution in [0.3, 0.4) is 0 Å². The maximum Gasteiger partial charge on any atom is 0.227 e. The Morgan fingerprint density at radius 1 is 1.00 bits per heavy atom. The Bertz CT molecular complexity index is 1020. The van der Waals surface area contributed by atoms with E-state index in [1.54, 1.807) is 12.0 Å². The Kier molecular flexibility index (Phi) is 6.32. The predicted molar refractivity (Wildman–Crippen MR) is 121 cm³/mol. The Balaban J connectivity index is 1.47. The normalized spacial score (nSPS) is 16.7. The molecular formula is C26H26N2O3. The molecule has 1 aliphatic heterocycles. The van der Waals surface area contributed by atoms with Crippen LogP contribution in [0, 0.1) is 5.92 Å². The van der Waals surface area contributed by atoms with Crippen molar-refractivity contribution in [2.75, 3.05) is 18.6 Å². The Hall–Kier alpha value is -3.60. The number of carbonyl (C=O) groups excluding carboxylic acids is 2. The lowest BCUT2D eigenvalue weighted by atomic mass is 9.97. The van der Waals surface area contributed by atoms with Crippen LogP contribution < -0.4 is 15.0 Å². The Morgan fingerprint density at radius 3 is 2.29 bits per heavy atom. The highest BCUT2D eigenvalue weighted by Crippen LogP contribution is 2.28. The van der Waals surface area contributed by atoms with Crippen molar-refractivity contribution in [2.24, 2.45) is 5.92 Å². The molecule has 0 aromatic heterocycles. The second-order valence-corrected chi connectivity index (χ2v) is 7.76. The number of amides is 2. The molecular weight excluding hydrogens is 388 g/mol. The van der Waals surface area contributed by atoms with Gasteiger partial charge in [0.05, 0.1) is 19.1 Å². The van der Waals surface area contributed by atoms with Gasteiger partial charge in [-0.15, -0.1) is 0 Å².